The van der Waals surface area contributed by atoms with Gasteiger partial charge in [-0.2, -0.15) is 0 Å². The lowest BCUT2D eigenvalue weighted by atomic mass is 9.93. The fourth-order valence-electron chi connectivity index (χ4n) is 2.94. The lowest BCUT2D eigenvalue weighted by Gasteiger charge is -2.33. The van der Waals surface area contributed by atoms with Gasteiger partial charge in [-0.1, -0.05) is 30.3 Å². The molecule has 0 unspecified atom stereocenters. The molecule has 0 saturated carbocycles. The van der Waals surface area contributed by atoms with E-state index in [1.165, 1.54) is 0 Å². The first-order valence-corrected chi connectivity index (χ1v) is 8.48. The molecule has 2 rings (SSSR count). The molecule has 1 saturated heterocycles. The number of carbonyl (C=O) groups is 3. The van der Waals surface area contributed by atoms with Gasteiger partial charge in [0.25, 0.3) is 0 Å². The van der Waals surface area contributed by atoms with E-state index in [1.807, 2.05) is 30.3 Å². The van der Waals surface area contributed by atoms with Crippen LogP contribution < -0.4 is 11.5 Å². The van der Waals surface area contributed by atoms with Gasteiger partial charge in [0.1, 0.15) is 6.61 Å². The van der Waals surface area contributed by atoms with Crippen LogP contribution in [-0.4, -0.2) is 41.8 Å². The second kappa shape index (κ2) is 9.17. The van der Waals surface area contributed by atoms with Crippen LogP contribution in [0.3, 0.4) is 0 Å². The summed E-state index contributed by atoms with van der Waals surface area (Å²) in [4.78, 5) is 36.8. The van der Waals surface area contributed by atoms with Crippen LogP contribution in [0.25, 0.3) is 0 Å². The molecule has 1 heterocycles. The van der Waals surface area contributed by atoms with E-state index in [9.17, 15) is 14.4 Å². The number of benzene rings is 1. The average molecular weight is 347 g/mol. The van der Waals surface area contributed by atoms with Crippen LogP contribution >= 0.6 is 0 Å². The summed E-state index contributed by atoms with van der Waals surface area (Å²) in [5, 5.41) is 0. The number of ether oxygens (including phenoxy) is 1. The molecule has 1 aliphatic heterocycles. The topological polar surface area (TPSA) is 116 Å². The SMILES string of the molecule is NC(=O)CC1CCN(C(=O)[C@@H](N)CC(=O)OCc2ccccc2)CC1. The quantitative estimate of drug-likeness (QED) is 0.699. The van der Waals surface area contributed by atoms with Gasteiger partial charge < -0.3 is 21.1 Å². The van der Waals surface area contributed by atoms with E-state index in [4.69, 9.17) is 16.2 Å². The molecule has 1 aliphatic rings. The van der Waals surface area contributed by atoms with Crippen molar-refractivity contribution in [2.45, 2.75) is 38.3 Å². The van der Waals surface area contributed by atoms with Crippen LogP contribution in [0, 0.1) is 5.92 Å². The van der Waals surface area contributed by atoms with E-state index >= 15 is 0 Å². The summed E-state index contributed by atoms with van der Waals surface area (Å²) in [6, 6.07) is 8.41. The highest BCUT2D eigenvalue weighted by Crippen LogP contribution is 2.20. The van der Waals surface area contributed by atoms with Gasteiger partial charge in [-0.15, -0.1) is 0 Å². The van der Waals surface area contributed by atoms with Crippen molar-refractivity contribution in [3.8, 4) is 0 Å². The Kier molecular flexibility index (Phi) is 6.94. The van der Waals surface area contributed by atoms with Crippen LogP contribution in [0.5, 0.6) is 0 Å². The third-order valence-corrected chi connectivity index (χ3v) is 4.36. The predicted molar refractivity (Wildman–Crippen MR) is 91.9 cm³/mol. The van der Waals surface area contributed by atoms with Gasteiger partial charge in [0.05, 0.1) is 12.5 Å². The monoisotopic (exact) mass is 347 g/mol. The molecular weight excluding hydrogens is 322 g/mol. The number of esters is 1. The second-order valence-corrected chi connectivity index (χ2v) is 6.40. The largest absolute Gasteiger partial charge is 0.461 e. The van der Waals surface area contributed by atoms with Crippen LogP contribution in [0.15, 0.2) is 30.3 Å². The number of amides is 2. The summed E-state index contributed by atoms with van der Waals surface area (Å²) in [7, 11) is 0. The first kappa shape index (κ1) is 18.9. The fraction of sp³-hybridized carbons (Fsp3) is 0.500. The first-order valence-electron chi connectivity index (χ1n) is 8.48. The Bertz CT molecular complexity index is 598. The third kappa shape index (κ3) is 6.19. The Morgan fingerprint density at radius 1 is 1.16 bits per heavy atom. The minimum atomic E-state index is -0.907. The minimum absolute atomic E-state index is 0.146. The van der Waals surface area contributed by atoms with Gasteiger partial charge in [-0.05, 0) is 24.3 Å². The lowest BCUT2D eigenvalue weighted by molar-refractivity contribution is -0.148. The molecule has 136 valence electrons. The smallest absolute Gasteiger partial charge is 0.308 e. The van der Waals surface area contributed by atoms with Crippen molar-refractivity contribution in [2.75, 3.05) is 13.1 Å². The zero-order valence-electron chi connectivity index (χ0n) is 14.2. The molecular formula is C18H25N3O4. The molecule has 25 heavy (non-hydrogen) atoms. The lowest BCUT2D eigenvalue weighted by Crippen LogP contribution is -2.48. The van der Waals surface area contributed by atoms with E-state index in [0.29, 0.717) is 19.5 Å². The van der Waals surface area contributed by atoms with E-state index in [0.717, 1.165) is 18.4 Å². The molecule has 0 radical (unpaired) electrons. The van der Waals surface area contributed by atoms with Crippen LogP contribution in [-0.2, 0) is 25.7 Å². The Labute approximate surface area is 147 Å². The van der Waals surface area contributed by atoms with Gasteiger partial charge in [-0.3, -0.25) is 14.4 Å². The van der Waals surface area contributed by atoms with Crippen LogP contribution in [0.4, 0.5) is 0 Å². The summed E-state index contributed by atoms with van der Waals surface area (Å²) in [5.41, 5.74) is 11.9. The number of carbonyl (C=O) groups excluding carboxylic acids is 3. The number of nitrogens with zero attached hydrogens (tertiary/aromatic N) is 1. The van der Waals surface area contributed by atoms with Gasteiger partial charge in [0.15, 0.2) is 0 Å². The van der Waals surface area contributed by atoms with Crippen molar-refractivity contribution >= 4 is 17.8 Å². The summed E-state index contributed by atoms with van der Waals surface area (Å²) in [5.74, 6) is -0.848. The molecule has 0 bridgehead atoms. The molecule has 1 aromatic carbocycles. The summed E-state index contributed by atoms with van der Waals surface area (Å²) >= 11 is 0. The van der Waals surface area contributed by atoms with E-state index in [2.05, 4.69) is 0 Å². The number of hydrogen-bond acceptors (Lipinski definition) is 5. The molecule has 7 nitrogen and oxygen atoms in total. The number of piperidine rings is 1. The van der Waals surface area contributed by atoms with Gasteiger partial charge in [0.2, 0.25) is 11.8 Å². The predicted octanol–water partition coefficient (Wildman–Crippen LogP) is 0.561. The molecule has 1 aromatic rings. The van der Waals surface area contributed by atoms with Gasteiger partial charge >= 0.3 is 5.97 Å². The highest BCUT2D eigenvalue weighted by molar-refractivity contribution is 5.86. The van der Waals surface area contributed by atoms with Gasteiger partial charge in [0, 0.05) is 19.5 Å². The molecule has 1 fully saturated rings. The van der Waals surface area contributed by atoms with E-state index in [1.54, 1.807) is 4.90 Å². The number of likely N-dealkylation sites (tertiary alicyclic amines) is 1. The summed E-state index contributed by atoms with van der Waals surface area (Å²) in [6.45, 7) is 1.23. The number of primary amides is 1. The Balaban J connectivity index is 1.72. The number of rotatable bonds is 7. The van der Waals surface area contributed by atoms with Crippen molar-refractivity contribution in [1.82, 2.24) is 4.90 Å². The summed E-state index contributed by atoms with van der Waals surface area (Å²) < 4.78 is 5.16. The van der Waals surface area contributed by atoms with Crippen LogP contribution in [0.2, 0.25) is 0 Å². The normalized spacial score (nSPS) is 16.3. The van der Waals surface area contributed by atoms with Crippen LogP contribution in [0.1, 0.15) is 31.2 Å². The van der Waals surface area contributed by atoms with Gasteiger partial charge in [-0.25, -0.2) is 0 Å². The van der Waals surface area contributed by atoms with Crippen molar-refractivity contribution in [3.05, 3.63) is 35.9 Å². The fourth-order valence-corrected chi connectivity index (χ4v) is 2.94. The maximum absolute atomic E-state index is 12.3. The maximum Gasteiger partial charge on any atom is 0.308 e. The van der Waals surface area contributed by atoms with Crippen molar-refractivity contribution < 1.29 is 19.1 Å². The molecule has 1 atom stereocenters. The third-order valence-electron chi connectivity index (χ3n) is 4.36. The Hall–Kier alpha value is -2.41. The van der Waals surface area contributed by atoms with E-state index in [-0.39, 0.29) is 30.8 Å². The molecule has 0 aliphatic carbocycles. The molecule has 0 spiro atoms. The Morgan fingerprint density at radius 3 is 2.40 bits per heavy atom. The second-order valence-electron chi connectivity index (χ2n) is 6.40. The standard InChI is InChI=1S/C18H25N3O4/c19-15(11-17(23)25-12-14-4-2-1-3-5-14)18(24)21-8-6-13(7-9-21)10-16(20)22/h1-5,13,15H,6-12,19H2,(H2,20,22)/t15-/m0/s1. The number of nitrogens with two attached hydrogens (primary N) is 2. The molecule has 7 heteroatoms. The zero-order valence-corrected chi connectivity index (χ0v) is 14.2. The minimum Gasteiger partial charge on any atom is -0.461 e. The number of hydrogen-bond donors (Lipinski definition) is 2. The van der Waals surface area contributed by atoms with E-state index < -0.39 is 12.0 Å². The first-order chi connectivity index (χ1) is 12.0. The highest BCUT2D eigenvalue weighted by atomic mass is 16.5. The Morgan fingerprint density at radius 2 is 1.80 bits per heavy atom. The average Bonchev–Trinajstić information content (AvgIpc) is 2.60. The zero-order chi connectivity index (χ0) is 18.2. The van der Waals surface area contributed by atoms with Crippen molar-refractivity contribution in [1.29, 1.82) is 0 Å². The maximum atomic E-state index is 12.3. The highest BCUT2D eigenvalue weighted by Gasteiger charge is 2.28. The molecule has 2 amide bonds. The van der Waals surface area contributed by atoms with Crippen molar-refractivity contribution in [3.63, 3.8) is 0 Å². The van der Waals surface area contributed by atoms with Crippen molar-refractivity contribution in [2.24, 2.45) is 17.4 Å². The molecule has 0 aromatic heterocycles. The summed E-state index contributed by atoms with van der Waals surface area (Å²) in [6.07, 6.45) is 1.65. The molecule has 4 N–H and O–H groups in total.